The molecule has 0 bridgehead atoms. The van der Waals surface area contributed by atoms with Gasteiger partial charge in [0.2, 0.25) is 0 Å². The number of fused-ring (bicyclic) bond motifs is 1. The summed E-state index contributed by atoms with van der Waals surface area (Å²) >= 11 is 0. The van der Waals surface area contributed by atoms with Gasteiger partial charge >= 0.3 is 0 Å². The third-order valence-corrected chi connectivity index (χ3v) is 3.67. The first kappa shape index (κ1) is 14.4. The first-order chi connectivity index (χ1) is 11.7. The Morgan fingerprint density at radius 3 is 2.79 bits per heavy atom. The van der Waals surface area contributed by atoms with Crippen LogP contribution in [0.3, 0.4) is 0 Å². The molecule has 24 heavy (non-hydrogen) atoms. The van der Waals surface area contributed by atoms with Gasteiger partial charge in [0.15, 0.2) is 17.2 Å². The van der Waals surface area contributed by atoms with Gasteiger partial charge in [-0.3, -0.25) is 0 Å². The fourth-order valence-electron chi connectivity index (χ4n) is 2.63. The summed E-state index contributed by atoms with van der Waals surface area (Å²) in [7, 11) is 0. The first-order valence-corrected chi connectivity index (χ1v) is 7.64. The number of anilines is 1. The predicted octanol–water partition coefficient (Wildman–Crippen LogP) is 3.03. The maximum Gasteiger partial charge on any atom is 0.252 e. The van der Waals surface area contributed by atoms with Crippen LogP contribution < -0.4 is 5.32 Å². The van der Waals surface area contributed by atoms with Gasteiger partial charge in [-0.1, -0.05) is 18.2 Å². The summed E-state index contributed by atoms with van der Waals surface area (Å²) in [6, 6.07) is 9.99. The van der Waals surface area contributed by atoms with Gasteiger partial charge in [-0.05, 0) is 24.6 Å². The zero-order valence-electron chi connectivity index (χ0n) is 13.4. The molecule has 4 aromatic rings. The number of hydrogen-bond donors (Lipinski definition) is 1. The van der Waals surface area contributed by atoms with Crippen LogP contribution in [0.2, 0.25) is 0 Å². The standard InChI is InChI=1S/C17H16N6O/c1-11-20-16(15-17(21-11)24-12(2)22-15)18-10-13-6-3-4-7-14(13)23-9-5-8-19-23/h3-9H,10H2,1-2H3,(H,18,20,21). The molecule has 3 aromatic heterocycles. The third-order valence-electron chi connectivity index (χ3n) is 3.67. The lowest BCUT2D eigenvalue weighted by molar-refractivity contribution is 0.550. The number of hydrogen-bond acceptors (Lipinski definition) is 6. The molecule has 7 heteroatoms. The molecule has 1 N–H and O–H groups in total. The molecule has 3 heterocycles. The lowest BCUT2D eigenvalue weighted by Gasteiger charge is -2.11. The molecule has 1 aromatic carbocycles. The van der Waals surface area contributed by atoms with E-state index in [4.69, 9.17) is 4.42 Å². The molecule has 120 valence electrons. The van der Waals surface area contributed by atoms with Crippen molar-refractivity contribution >= 4 is 17.0 Å². The quantitative estimate of drug-likeness (QED) is 0.622. The van der Waals surface area contributed by atoms with Crippen LogP contribution in [0.5, 0.6) is 0 Å². The highest BCUT2D eigenvalue weighted by atomic mass is 16.4. The largest absolute Gasteiger partial charge is 0.422 e. The van der Waals surface area contributed by atoms with Crippen LogP contribution in [-0.2, 0) is 6.54 Å². The van der Waals surface area contributed by atoms with Crippen LogP contribution in [0.15, 0.2) is 47.1 Å². The van der Waals surface area contributed by atoms with Crippen LogP contribution in [0.4, 0.5) is 5.82 Å². The number of aryl methyl sites for hydroxylation is 2. The molecule has 0 aliphatic rings. The minimum atomic E-state index is 0.503. The molecule has 0 unspecified atom stereocenters. The number of benzene rings is 1. The average Bonchev–Trinajstić information content (AvgIpc) is 3.21. The van der Waals surface area contributed by atoms with E-state index in [9.17, 15) is 0 Å². The van der Waals surface area contributed by atoms with Gasteiger partial charge in [0, 0.05) is 25.9 Å². The molecular formula is C17H16N6O. The van der Waals surface area contributed by atoms with E-state index in [1.54, 1.807) is 13.1 Å². The number of nitrogens with one attached hydrogen (secondary N) is 1. The third kappa shape index (κ3) is 2.60. The van der Waals surface area contributed by atoms with Gasteiger partial charge < -0.3 is 9.73 Å². The second-order valence-electron chi connectivity index (χ2n) is 5.44. The Labute approximate surface area is 138 Å². The van der Waals surface area contributed by atoms with Crippen LogP contribution in [-0.4, -0.2) is 24.7 Å². The topological polar surface area (TPSA) is 81.7 Å². The van der Waals surface area contributed by atoms with E-state index in [1.165, 1.54) is 0 Å². The Morgan fingerprint density at radius 1 is 1.08 bits per heavy atom. The van der Waals surface area contributed by atoms with E-state index in [-0.39, 0.29) is 0 Å². The molecule has 0 atom stereocenters. The molecule has 4 rings (SSSR count). The van der Waals surface area contributed by atoms with E-state index >= 15 is 0 Å². The Kier molecular flexibility index (Phi) is 3.45. The van der Waals surface area contributed by atoms with Crippen LogP contribution in [0.1, 0.15) is 17.3 Å². The van der Waals surface area contributed by atoms with Crippen LogP contribution >= 0.6 is 0 Å². The summed E-state index contributed by atoms with van der Waals surface area (Å²) in [5, 5.41) is 7.65. The Hall–Kier alpha value is -3.22. The van der Waals surface area contributed by atoms with Crippen LogP contribution in [0, 0.1) is 13.8 Å². The molecule has 7 nitrogen and oxygen atoms in total. The van der Waals surface area contributed by atoms with Crippen molar-refractivity contribution in [1.82, 2.24) is 24.7 Å². The predicted molar refractivity (Wildman–Crippen MR) is 90.0 cm³/mol. The van der Waals surface area contributed by atoms with Crippen molar-refractivity contribution in [3.05, 3.63) is 60.0 Å². The van der Waals surface area contributed by atoms with E-state index in [0.717, 1.165) is 11.3 Å². The molecule has 0 aliphatic carbocycles. The average molecular weight is 320 g/mol. The zero-order valence-corrected chi connectivity index (χ0v) is 13.4. The van der Waals surface area contributed by atoms with E-state index in [2.05, 4.69) is 31.4 Å². The molecule has 0 saturated heterocycles. The lowest BCUT2D eigenvalue weighted by atomic mass is 10.2. The van der Waals surface area contributed by atoms with Crippen molar-refractivity contribution in [1.29, 1.82) is 0 Å². The minimum absolute atomic E-state index is 0.503. The van der Waals surface area contributed by atoms with Gasteiger partial charge in [-0.2, -0.15) is 10.1 Å². The van der Waals surface area contributed by atoms with Crippen molar-refractivity contribution in [2.45, 2.75) is 20.4 Å². The fourth-order valence-corrected chi connectivity index (χ4v) is 2.63. The van der Waals surface area contributed by atoms with E-state index < -0.39 is 0 Å². The number of nitrogens with zero attached hydrogens (tertiary/aromatic N) is 5. The monoisotopic (exact) mass is 320 g/mol. The van der Waals surface area contributed by atoms with E-state index in [0.29, 0.717) is 35.3 Å². The summed E-state index contributed by atoms with van der Waals surface area (Å²) in [4.78, 5) is 13.1. The fraction of sp³-hybridized carbons (Fsp3) is 0.176. The summed E-state index contributed by atoms with van der Waals surface area (Å²) in [5.74, 6) is 1.89. The molecule has 0 fully saturated rings. The highest BCUT2D eigenvalue weighted by molar-refractivity contribution is 5.81. The molecule has 0 spiro atoms. The van der Waals surface area contributed by atoms with Crippen molar-refractivity contribution in [2.24, 2.45) is 0 Å². The summed E-state index contributed by atoms with van der Waals surface area (Å²) in [6.07, 6.45) is 3.69. The first-order valence-electron chi connectivity index (χ1n) is 7.64. The maximum absolute atomic E-state index is 5.51. The van der Waals surface area contributed by atoms with Gasteiger partial charge in [0.05, 0.1) is 5.69 Å². The summed E-state index contributed by atoms with van der Waals surface area (Å²) in [6.45, 7) is 4.22. The normalized spacial score (nSPS) is 11.1. The molecular weight excluding hydrogens is 304 g/mol. The maximum atomic E-state index is 5.51. The van der Waals surface area contributed by atoms with Gasteiger partial charge in [-0.25, -0.2) is 14.6 Å². The number of aromatic nitrogens is 5. The van der Waals surface area contributed by atoms with Gasteiger partial charge in [0.25, 0.3) is 5.71 Å². The van der Waals surface area contributed by atoms with Gasteiger partial charge in [0.1, 0.15) is 5.82 Å². The van der Waals surface area contributed by atoms with Crippen molar-refractivity contribution < 1.29 is 4.42 Å². The second-order valence-corrected chi connectivity index (χ2v) is 5.44. The molecule has 0 saturated carbocycles. The smallest absolute Gasteiger partial charge is 0.252 e. The number of para-hydroxylation sites is 1. The number of oxazole rings is 1. The second kappa shape index (κ2) is 5.77. The summed E-state index contributed by atoms with van der Waals surface area (Å²) in [5.41, 5.74) is 3.27. The van der Waals surface area contributed by atoms with Crippen molar-refractivity contribution in [3.8, 4) is 5.69 Å². The zero-order chi connectivity index (χ0) is 16.5. The summed E-state index contributed by atoms with van der Waals surface area (Å²) < 4.78 is 7.35. The molecule has 0 radical (unpaired) electrons. The lowest BCUT2D eigenvalue weighted by Crippen LogP contribution is -2.07. The van der Waals surface area contributed by atoms with Crippen molar-refractivity contribution in [3.63, 3.8) is 0 Å². The minimum Gasteiger partial charge on any atom is -0.422 e. The highest BCUT2D eigenvalue weighted by Gasteiger charge is 2.12. The molecule has 0 amide bonds. The highest BCUT2D eigenvalue weighted by Crippen LogP contribution is 2.22. The SMILES string of the molecule is Cc1nc(NCc2ccccc2-n2cccn2)c2nc(C)oc2n1. The van der Waals surface area contributed by atoms with Crippen LogP contribution in [0.25, 0.3) is 16.9 Å². The van der Waals surface area contributed by atoms with Crippen molar-refractivity contribution in [2.75, 3.05) is 5.32 Å². The Bertz CT molecular complexity index is 990. The Morgan fingerprint density at radius 2 is 1.96 bits per heavy atom. The number of rotatable bonds is 4. The van der Waals surface area contributed by atoms with E-state index in [1.807, 2.05) is 42.1 Å². The van der Waals surface area contributed by atoms with Gasteiger partial charge in [-0.15, -0.1) is 0 Å². The molecule has 0 aliphatic heterocycles. The Balaban J connectivity index is 1.67.